The first-order valence-electron chi connectivity index (χ1n) is 28.3. The molecule has 0 rings (SSSR count). The molecule has 0 radical (unpaired) electrons. The monoisotopic (exact) mass is 954 g/mol. The number of hydrogen-bond acceptors (Lipinski definition) is 7. The smallest absolute Gasteiger partial charge is 0.306 e. The molecule has 0 heterocycles. The van der Waals surface area contributed by atoms with Crippen LogP contribution in [-0.2, 0) is 28.6 Å². The van der Waals surface area contributed by atoms with E-state index in [1.807, 2.05) is 21.1 Å². The maximum atomic E-state index is 12.8. The van der Waals surface area contributed by atoms with Crippen molar-refractivity contribution in [3.05, 3.63) is 60.8 Å². The number of rotatable bonds is 51. The zero-order valence-electron chi connectivity index (χ0n) is 45.0. The Balaban J connectivity index is 4.15. The van der Waals surface area contributed by atoms with E-state index >= 15 is 0 Å². The van der Waals surface area contributed by atoms with Crippen molar-refractivity contribution in [3.63, 3.8) is 0 Å². The molecule has 0 fully saturated rings. The molecule has 8 heteroatoms. The van der Waals surface area contributed by atoms with Crippen molar-refractivity contribution >= 4 is 17.9 Å². The molecule has 0 saturated heterocycles. The fourth-order valence-corrected chi connectivity index (χ4v) is 8.36. The lowest BCUT2D eigenvalue weighted by Crippen LogP contribution is -2.55. The summed E-state index contributed by atoms with van der Waals surface area (Å²) in [6, 6.07) is -0.727. The minimum Gasteiger partial charge on any atom is -0.544 e. The molecule has 8 nitrogen and oxygen atoms in total. The van der Waals surface area contributed by atoms with Crippen LogP contribution in [0.5, 0.6) is 0 Å². The van der Waals surface area contributed by atoms with Gasteiger partial charge in [-0.15, -0.1) is 0 Å². The van der Waals surface area contributed by atoms with Gasteiger partial charge in [-0.3, -0.25) is 9.59 Å². The average molecular weight is 955 g/mol. The molecule has 68 heavy (non-hydrogen) atoms. The molecule has 0 N–H and O–H groups in total. The van der Waals surface area contributed by atoms with E-state index in [4.69, 9.17) is 14.2 Å². The van der Waals surface area contributed by atoms with E-state index in [9.17, 15) is 19.5 Å². The number of carboxylic acids is 1. The second kappa shape index (κ2) is 50.4. The van der Waals surface area contributed by atoms with Gasteiger partial charge in [0.25, 0.3) is 0 Å². The SMILES string of the molecule is CC/C=C/C/C=C/C/C=C/CCCCCCCCCCCCCCCC(=O)OC(COCCC(C(=O)[O-])[N+](C)(C)C)COC(=O)CCCCCCCCCCCCCCCC/C=C/C/C=C/CC. The van der Waals surface area contributed by atoms with Crippen molar-refractivity contribution in [3.8, 4) is 0 Å². The molecule has 0 amide bonds. The molecule has 0 aliphatic rings. The van der Waals surface area contributed by atoms with Crippen LogP contribution >= 0.6 is 0 Å². The van der Waals surface area contributed by atoms with Crippen LogP contribution < -0.4 is 5.11 Å². The number of ether oxygens (including phenoxy) is 3. The van der Waals surface area contributed by atoms with Crippen LogP contribution in [0.1, 0.15) is 251 Å². The molecule has 0 bridgehead atoms. The topological polar surface area (TPSA) is 102 Å². The van der Waals surface area contributed by atoms with Crippen molar-refractivity contribution < 1.29 is 38.2 Å². The summed E-state index contributed by atoms with van der Waals surface area (Å²) in [7, 11) is 5.43. The summed E-state index contributed by atoms with van der Waals surface area (Å²) in [5.41, 5.74) is 0. The van der Waals surface area contributed by atoms with Gasteiger partial charge < -0.3 is 28.6 Å². The molecular formula is C60H107NO7. The lowest BCUT2D eigenvalue weighted by molar-refractivity contribution is -0.889. The number of quaternary nitrogens is 1. The first-order chi connectivity index (χ1) is 33.1. The maximum absolute atomic E-state index is 12.8. The third-order valence-corrected chi connectivity index (χ3v) is 12.6. The number of esters is 2. The molecule has 0 aromatic heterocycles. The quantitative estimate of drug-likeness (QED) is 0.0259. The van der Waals surface area contributed by atoms with Crippen LogP contribution in [0.3, 0.4) is 0 Å². The van der Waals surface area contributed by atoms with Gasteiger partial charge in [0.05, 0.1) is 40.3 Å². The summed E-state index contributed by atoms with van der Waals surface area (Å²) in [6.07, 6.45) is 64.0. The Bertz CT molecular complexity index is 1290. The fourth-order valence-electron chi connectivity index (χ4n) is 8.36. The zero-order chi connectivity index (χ0) is 49.9. The number of carboxylic acid groups (broad SMARTS) is 1. The minimum absolute atomic E-state index is 0.0411. The number of carbonyl (C=O) groups is 3. The number of carbonyl (C=O) groups excluding carboxylic acids is 3. The molecule has 0 aliphatic carbocycles. The number of unbranched alkanes of at least 4 members (excludes halogenated alkanes) is 27. The van der Waals surface area contributed by atoms with Crippen LogP contribution in [0.4, 0.5) is 0 Å². The minimum atomic E-state index is -1.12. The second-order valence-electron chi connectivity index (χ2n) is 20.1. The van der Waals surface area contributed by atoms with Crippen molar-refractivity contribution in [1.82, 2.24) is 0 Å². The molecule has 0 spiro atoms. The van der Waals surface area contributed by atoms with Gasteiger partial charge in [-0.2, -0.15) is 0 Å². The molecule has 2 unspecified atom stereocenters. The summed E-state index contributed by atoms with van der Waals surface area (Å²) in [5, 5.41) is 11.7. The van der Waals surface area contributed by atoms with Crippen molar-refractivity contribution in [1.29, 1.82) is 0 Å². The molecule has 0 aromatic rings. The second-order valence-corrected chi connectivity index (χ2v) is 20.1. The molecule has 394 valence electrons. The third-order valence-electron chi connectivity index (χ3n) is 12.6. The average Bonchev–Trinajstić information content (AvgIpc) is 3.30. The summed E-state index contributed by atoms with van der Waals surface area (Å²) in [4.78, 5) is 37.2. The largest absolute Gasteiger partial charge is 0.544 e. The van der Waals surface area contributed by atoms with Gasteiger partial charge in [0.15, 0.2) is 6.10 Å². The lowest BCUT2D eigenvalue weighted by atomic mass is 10.0. The standard InChI is InChI=1S/C60H107NO7/c1-6-8-10-12-14-16-18-20-22-24-26-28-29-31-33-35-37-39-41-43-45-47-49-51-59(63)68-56(54-66-53-52-57(60(64)65)61(3,4)5)55-67-58(62)50-48-46-44-42-40-38-36-34-32-30-27-25-23-21-19-17-15-13-11-9-7-2/h8-11,14-17,20,22,56-57H,6-7,12-13,18-19,21,23-55H2,1-5H3/b10-8+,11-9+,16-14+,17-15+,22-20+. The van der Waals surface area contributed by atoms with E-state index in [1.54, 1.807) is 0 Å². The Hall–Kier alpha value is -2.97. The van der Waals surface area contributed by atoms with Gasteiger partial charge in [-0.1, -0.05) is 222 Å². The highest BCUT2D eigenvalue weighted by atomic mass is 16.6. The Morgan fingerprint density at radius 1 is 0.441 bits per heavy atom. The van der Waals surface area contributed by atoms with Gasteiger partial charge >= 0.3 is 11.9 Å². The van der Waals surface area contributed by atoms with Gasteiger partial charge in [0.1, 0.15) is 12.6 Å². The molecule has 0 saturated carbocycles. The van der Waals surface area contributed by atoms with Gasteiger partial charge in [0, 0.05) is 19.3 Å². The third kappa shape index (κ3) is 48.1. The summed E-state index contributed by atoms with van der Waals surface area (Å²) in [5.74, 6) is -1.73. The summed E-state index contributed by atoms with van der Waals surface area (Å²) in [6.45, 7) is 4.49. The number of allylic oxidation sites excluding steroid dienone is 10. The van der Waals surface area contributed by atoms with Crippen molar-refractivity contribution in [2.24, 2.45) is 0 Å². The number of aliphatic carboxylic acids is 1. The Morgan fingerprint density at radius 3 is 1.15 bits per heavy atom. The van der Waals surface area contributed by atoms with Crippen LogP contribution in [0.15, 0.2) is 60.8 Å². The lowest BCUT2D eigenvalue weighted by Gasteiger charge is -2.34. The predicted molar refractivity (Wildman–Crippen MR) is 286 cm³/mol. The summed E-state index contributed by atoms with van der Waals surface area (Å²) < 4.78 is 17.3. The number of nitrogens with zero attached hydrogens (tertiary/aromatic N) is 1. The molecular weight excluding hydrogens is 847 g/mol. The maximum Gasteiger partial charge on any atom is 0.306 e. The van der Waals surface area contributed by atoms with Crippen molar-refractivity contribution in [2.75, 3.05) is 41.0 Å². The highest BCUT2D eigenvalue weighted by molar-refractivity contribution is 5.70. The number of likely N-dealkylation sites (N-methyl/N-ethyl adjacent to an activating group) is 1. The Morgan fingerprint density at radius 2 is 0.779 bits per heavy atom. The first kappa shape index (κ1) is 65.0. The van der Waals surface area contributed by atoms with E-state index in [0.29, 0.717) is 12.8 Å². The summed E-state index contributed by atoms with van der Waals surface area (Å²) >= 11 is 0. The van der Waals surface area contributed by atoms with E-state index in [1.165, 1.54) is 148 Å². The molecule has 0 aromatic carbocycles. The van der Waals surface area contributed by atoms with Crippen molar-refractivity contribution in [2.45, 2.75) is 264 Å². The normalized spacial score (nSPS) is 13.2. The highest BCUT2D eigenvalue weighted by Gasteiger charge is 2.25. The van der Waals surface area contributed by atoms with Crippen LogP contribution in [0.2, 0.25) is 0 Å². The predicted octanol–water partition coefficient (Wildman–Crippen LogP) is 15.5. The molecule has 0 aliphatic heterocycles. The van der Waals surface area contributed by atoms with Gasteiger partial charge in [-0.25, -0.2) is 0 Å². The highest BCUT2D eigenvalue weighted by Crippen LogP contribution is 2.17. The first-order valence-corrected chi connectivity index (χ1v) is 28.3. The van der Waals surface area contributed by atoms with Gasteiger partial charge in [0.2, 0.25) is 0 Å². The Labute approximate surface area is 419 Å². The Kier molecular flexibility index (Phi) is 48.2. The van der Waals surface area contributed by atoms with Crippen LogP contribution in [-0.4, -0.2) is 75.5 Å². The van der Waals surface area contributed by atoms with E-state index < -0.39 is 18.1 Å². The van der Waals surface area contributed by atoms with Crippen LogP contribution in [0.25, 0.3) is 0 Å². The number of hydrogen-bond donors (Lipinski definition) is 0. The van der Waals surface area contributed by atoms with E-state index in [-0.39, 0.29) is 42.7 Å². The van der Waals surface area contributed by atoms with E-state index in [2.05, 4.69) is 74.6 Å². The van der Waals surface area contributed by atoms with Gasteiger partial charge in [-0.05, 0) is 70.6 Å². The van der Waals surface area contributed by atoms with E-state index in [0.717, 1.165) is 70.6 Å². The molecule has 2 atom stereocenters. The van der Waals surface area contributed by atoms with Crippen LogP contribution in [0, 0.1) is 0 Å². The fraction of sp³-hybridized carbons (Fsp3) is 0.783. The zero-order valence-corrected chi connectivity index (χ0v) is 45.0.